The maximum Gasteiger partial charge on any atom is 0.180 e. The van der Waals surface area contributed by atoms with Crippen molar-refractivity contribution in [2.75, 3.05) is 0 Å². The second-order valence-electron chi connectivity index (χ2n) is 3.15. The summed E-state index contributed by atoms with van der Waals surface area (Å²) < 4.78 is 0. The zero-order valence-electron chi connectivity index (χ0n) is 7.68. The molecule has 14 heavy (non-hydrogen) atoms. The summed E-state index contributed by atoms with van der Waals surface area (Å²) in [5, 5.41) is 9.28. The number of fused-ring (bicyclic) bond motifs is 1. The summed E-state index contributed by atoms with van der Waals surface area (Å²) in [4.78, 5) is 14.9. The quantitative estimate of drug-likeness (QED) is 0.609. The molecule has 0 aliphatic heterocycles. The predicted octanol–water partition coefficient (Wildman–Crippen LogP) is -0.267. The number of nitrogens with two attached hydrogens (primary N) is 1. The highest BCUT2D eigenvalue weighted by Crippen LogP contribution is 2.13. The van der Waals surface area contributed by atoms with Crippen LogP contribution < -0.4 is 5.73 Å². The zero-order valence-corrected chi connectivity index (χ0v) is 7.68. The van der Waals surface area contributed by atoms with E-state index in [2.05, 4.69) is 19.9 Å². The Morgan fingerprint density at radius 2 is 2.36 bits per heavy atom. The maximum atomic E-state index is 9.28. The SMILES string of the molecule is CC(O)C(N)c1nc2ncncc2[nH]1. The number of nitrogens with zero attached hydrogens (tertiary/aromatic N) is 3. The van der Waals surface area contributed by atoms with Gasteiger partial charge in [0.15, 0.2) is 5.65 Å². The minimum absolute atomic E-state index is 0.524. The van der Waals surface area contributed by atoms with Gasteiger partial charge < -0.3 is 15.8 Å². The van der Waals surface area contributed by atoms with Crippen molar-refractivity contribution in [3.63, 3.8) is 0 Å². The third-order valence-corrected chi connectivity index (χ3v) is 2.02. The Morgan fingerprint density at radius 1 is 1.57 bits per heavy atom. The highest BCUT2D eigenvalue weighted by molar-refractivity contribution is 5.68. The highest BCUT2D eigenvalue weighted by atomic mass is 16.3. The molecule has 0 bridgehead atoms. The first-order valence-corrected chi connectivity index (χ1v) is 4.27. The van der Waals surface area contributed by atoms with Crippen LogP contribution >= 0.6 is 0 Å². The first-order chi connectivity index (χ1) is 6.68. The van der Waals surface area contributed by atoms with Crippen molar-refractivity contribution in [1.82, 2.24) is 19.9 Å². The number of hydrogen-bond acceptors (Lipinski definition) is 5. The van der Waals surface area contributed by atoms with Crippen LogP contribution in [0.2, 0.25) is 0 Å². The lowest BCUT2D eigenvalue weighted by Crippen LogP contribution is -2.24. The molecule has 4 N–H and O–H groups in total. The number of nitrogens with one attached hydrogen (secondary N) is 1. The molecule has 2 aromatic rings. The fraction of sp³-hybridized carbons (Fsp3) is 0.375. The van der Waals surface area contributed by atoms with Gasteiger partial charge >= 0.3 is 0 Å². The van der Waals surface area contributed by atoms with E-state index in [0.29, 0.717) is 11.5 Å². The predicted molar refractivity (Wildman–Crippen MR) is 50.3 cm³/mol. The number of aromatic nitrogens is 4. The molecule has 0 aliphatic carbocycles. The molecule has 6 heteroatoms. The van der Waals surface area contributed by atoms with Gasteiger partial charge in [-0.25, -0.2) is 15.0 Å². The van der Waals surface area contributed by atoms with Gasteiger partial charge in [0.05, 0.1) is 18.3 Å². The second kappa shape index (κ2) is 3.32. The fourth-order valence-corrected chi connectivity index (χ4v) is 1.17. The minimum atomic E-state index is -0.650. The van der Waals surface area contributed by atoms with Crippen LogP contribution in [0.4, 0.5) is 0 Å². The van der Waals surface area contributed by atoms with Crippen molar-refractivity contribution in [3.05, 3.63) is 18.3 Å². The van der Waals surface area contributed by atoms with Crippen LogP contribution in [0.25, 0.3) is 11.2 Å². The summed E-state index contributed by atoms with van der Waals surface area (Å²) in [6, 6.07) is -0.524. The van der Waals surface area contributed by atoms with Crippen molar-refractivity contribution in [1.29, 1.82) is 0 Å². The standard InChI is InChI=1S/C8H11N5O/c1-4(14)6(9)8-12-5-2-10-3-11-7(5)13-8/h2-4,6,14H,9H2,1H3,(H,10,11,12,13). The number of aliphatic hydroxyl groups excluding tert-OH is 1. The molecule has 2 rings (SSSR count). The molecule has 2 aromatic heterocycles. The molecule has 74 valence electrons. The topological polar surface area (TPSA) is 101 Å². The summed E-state index contributed by atoms with van der Waals surface area (Å²) in [6.07, 6.45) is 2.39. The normalized spacial score (nSPS) is 15.6. The Morgan fingerprint density at radius 3 is 3.00 bits per heavy atom. The van der Waals surface area contributed by atoms with Gasteiger partial charge in [0, 0.05) is 0 Å². The Bertz CT molecular complexity index is 405. The third-order valence-electron chi connectivity index (χ3n) is 2.02. The van der Waals surface area contributed by atoms with Crippen LogP contribution in [0.1, 0.15) is 18.8 Å². The summed E-state index contributed by atoms with van der Waals surface area (Å²) in [5.74, 6) is 0.524. The lowest BCUT2D eigenvalue weighted by atomic mass is 10.2. The molecule has 6 nitrogen and oxygen atoms in total. The Hall–Kier alpha value is -1.53. The fourth-order valence-electron chi connectivity index (χ4n) is 1.17. The number of imidazole rings is 1. The van der Waals surface area contributed by atoms with Crippen molar-refractivity contribution >= 4 is 11.2 Å². The molecule has 0 radical (unpaired) electrons. The Labute approximate surface area is 80.2 Å². The van der Waals surface area contributed by atoms with Crippen LogP contribution in [-0.2, 0) is 0 Å². The number of hydrogen-bond donors (Lipinski definition) is 3. The second-order valence-corrected chi connectivity index (χ2v) is 3.15. The summed E-state index contributed by atoms with van der Waals surface area (Å²) in [7, 11) is 0. The van der Waals surface area contributed by atoms with Gasteiger partial charge in [0.25, 0.3) is 0 Å². The van der Waals surface area contributed by atoms with Crippen molar-refractivity contribution in [2.24, 2.45) is 5.73 Å². The Kier molecular flexibility index (Phi) is 2.14. The number of H-pyrrole nitrogens is 1. The largest absolute Gasteiger partial charge is 0.391 e. The van der Waals surface area contributed by atoms with Crippen molar-refractivity contribution < 1.29 is 5.11 Å². The van der Waals surface area contributed by atoms with E-state index in [1.54, 1.807) is 13.1 Å². The lowest BCUT2D eigenvalue weighted by Gasteiger charge is -2.10. The number of rotatable bonds is 2. The molecular weight excluding hydrogens is 182 g/mol. The average Bonchev–Trinajstić information content (AvgIpc) is 2.59. The van der Waals surface area contributed by atoms with Gasteiger partial charge in [0.2, 0.25) is 0 Å². The van der Waals surface area contributed by atoms with E-state index in [0.717, 1.165) is 5.52 Å². The molecule has 0 spiro atoms. The molecular formula is C8H11N5O. The van der Waals surface area contributed by atoms with Crippen LogP contribution in [0.5, 0.6) is 0 Å². The molecule has 0 aromatic carbocycles. The molecule has 0 amide bonds. The monoisotopic (exact) mass is 193 g/mol. The zero-order chi connectivity index (χ0) is 10.1. The third kappa shape index (κ3) is 1.45. The van der Waals surface area contributed by atoms with Crippen LogP contribution in [0, 0.1) is 0 Å². The number of aromatic amines is 1. The first kappa shape index (κ1) is 9.04. The van der Waals surface area contributed by atoms with E-state index >= 15 is 0 Å². The molecule has 0 saturated heterocycles. The summed E-state index contributed by atoms with van der Waals surface area (Å²) in [6.45, 7) is 1.61. The van der Waals surface area contributed by atoms with Gasteiger partial charge in [0.1, 0.15) is 17.7 Å². The van der Waals surface area contributed by atoms with Gasteiger partial charge in [-0.05, 0) is 6.92 Å². The molecule has 0 saturated carbocycles. The molecule has 2 heterocycles. The summed E-state index contributed by atoms with van der Waals surface area (Å²) in [5.41, 5.74) is 6.99. The van der Waals surface area contributed by atoms with E-state index in [9.17, 15) is 5.11 Å². The van der Waals surface area contributed by atoms with E-state index in [4.69, 9.17) is 5.73 Å². The van der Waals surface area contributed by atoms with Crippen molar-refractivity contribution in [3.8, 4) is 0 Å². The molecule has 0 aliphatic rings. The van der Waals surface area contributed by atoms with E-state index in [1.807, 2.05) is 0 Å². The number of aliphatic hydroxyl groups is 1. The first-order valence-electron chi connectivity index (χ1n) is 4.27. The summed E-state index contributed by atoms with van der Waals surface area (Å²) >= 11 is 0. The van der Waals surface area contributed by atoms with E-state index in [1.165, 1.54) is 6.33 Å². The van der Waals surface area contributed by atoms with Gasteiger partial charge in [-0.1, -0.05) is 0 Å². The van der Waals surface area contributed by atoms with Crippen LogP contribution in [-0.4, -0.2) is 31.1 Å². The van der Waals surface area contributed by atoms with E-state index in [-0.39, 0.29) is 0 Å². The lowest BCUT2D eigenvalue weighted by molar-refractivity contribution is 0.161. The van der Waals surface area contributed by atoms with Gasteiger partial charge in [-0.15, -0.1) is 0 Å². The Balaban J connectivity index is 2.45. The van der Waals surface area contributed by atoms with Gasteiger partial charge in [-0.3, -0.25) is 0 Å². The van der Waals surface area contributed by atoms with Crippen LogP contribution in [0.15, 0.2) is 12.5 Å². The molecule has 2 atom stereocenters. The van der Waals surface area contributed by atoms with E-state index < -0.39 is 12.1 Å². The smallest absolute Gasteiger partial charge is 0.180 e. The molecule has 0 fully saturated rings. The molecule has 2 unspecified atom stereocenters. The van der Waals surface area contributed by atoms with Crippen LogP contribution in [0.3, 0.4) is 0 Å². The highest BCUT2D eigenvalue weighted by Gasteiger charge is 2.16. The maximum absolute atomic E-state index is 9.28. The van der Waals surface area contributed by atoms with Crippen molar-refractivity contribution in [2.45, 2.75) is 19.1 Å². The minimum Gasteiger partial charge on any atom is -0.391 e. The average molecular weight is 193 g/mol. The van der Waals surface area contributed by atoms with Gasteiger partial charge in [-0.2, -0.15) is 0 Å².